The zero-order valence-corrected chi connectivity index (χ0v) is 17.3. The molecule has 4 aromatic carbocycles. The molecule has 0 saturated heterocycles. The number of hydrogen-bond acceptors (Lipinski definition) is 3. The van der Waals surface area contributed by atoms with Crippen molar-refractivity contribution in [1.82, 2.24) is 4.90 Å². The quantitative estimate of drug-likeness (QED) is 0.458. The lowest BCUT2D eigenvalue weighted by molar-refractivity contribution is -0.132. The molecule has 4 nitrogen and oxygen atoms in total. The average Bonchev–Trinajstić information content (AvgIpc) is 2.78. The van der Waals surface area contributed by atoms with Crippen molar-refractivity contribution in [2.45, 2.75) is 13.8 Å². The Bertz CT molecular complexity index is 1210. The molecule has 0 aromatic heterocycles. The standard InChI is InChI=1S/C26H25NO3/c1-3-27(4-2)24(29)17-30-23-16-14-19-10-6-8-12-21(19)26(23)25-20-11-7-5-9-18(20)13-15-22(25)28/h5-16,28H,3-4,17H2,1-2H3. The predicted molar refractivity (Wildman–Crippen MR) is 122 cm³/mol. The van der Waals surface area contributed by atoms with Gasteiger partial charge in [-0.05, 0) is 47.5 Å². The molecule has 0 heterocycles. The van der Waals surface area contributed by atoms with Crippen LogP contribution in [-0.2, 0) is 4.79 Å². The molecular weight excluding hydrogens is 374 g/mol. The zero-order valence-electron chi connectivity index (χ0n) is 17.3. The Morgan fingerprint density at radius 1 is 0.800 bits per heavy atom. The van der Waals surface area contributed by atoms with Crippen molar-refractivity contribution in [3.63, 3.8) is 0 Å². The molecule has 0 aliphatic rings. The summed E-state index contributed by atoms with van der Waals surface area (Å²) in [6.07, 6.45) is 0. The third kappa shape index (κ3) is 3.57. The number of rotatable bonds is 6. The second-order valence-corrected chi connectivity index (χ2v) is 7.20. The molecule has 30 heavy (non-hydrogen) atoms. The normalized spacial score (nSPS) is 11.0. The number of fused-ring (bicyclic) bond motifs is 2. The highest BCUT2D eigenvalue weighted by Crippen LogP contribution is 2.44. The monoisotopic (exact) mass is 399 g/mol. The highest BCUT2D eigenvalue weighted by molar-refractivity contribution is 6.09. The molecule has 0 bridgehead atoms. The molecule has 0 unspecified atom stereocenters. The van der Waals surface area contributed by atoms with E-state index in [2.05, 4.69) is 0 Å². The Labute approximate surface area is 176 Å². The number of hydrogen-bond donors (Lipinski definition) is 1. The smallest absolute Gasteiger partial charge is 0.260 e. The molecule has 0 spiro atoms. The molecule has 0 saturated carbocycles. The molecule has 4 heteroatoms. The molecule has 4 aromatic rings. The summed E-state index contributed by atoms with van der Waals surface area (Å²) in [6, 6.07) is 23.5. The largest absolute Gasteiger partial charge is 0.507 e. The molecule has 1 N–H and O–H groups in total. The maximum Gasteiger partial charge on any atom is 0.260 e. The van der Waals surface area contributed by atoms with E-state index in [0.717, 1.165) is 32.7 Å². The number of benzene rings is 4. The Hall–Kier alpha value is -3.53. The van der Waals surface area contributed by atoms with E-state index in [9.17, 15) is 9.90 Å². The Morgan fingerprint density at radius 2 is 1.37 bits per heavy atom. The van der Waals surface area contributed by atoms with Crippen LogP contribution >= 0.6 is 0 Å². The van der Waals surface area contributed by atoms with Crippen LogP contribution in [0.2, 0.25) is 0 Å². The Kier molecular flexibility index (Phi) is 5.57. The van der Waals surface area contributed by atoms with Gasteiger partial charge in [0.2, 0.25) is 0 Å². The van der Waals surface area contributed by atoms with Gasteiger partial charge in [-0.15, -0.1) is 0 Å². The maximum absolute atomic E-state index is 12.5. The first-order valence-electron chi connectivity index (χ1n) is 10.3. The third-order valence-corrected chi connectivity index (χ3v) is 5.52. The molecule has 152 valence electrons. The van der Waals surface area contributed by atoms with Crippen molar-refractivity contribution in [3.05, 3.63) is 72.8 Å². The fraction of sp³-hybridized carbons (Fsp3) is 0.192. The number of ether oxygens (including phenoxy) is 1. The van der Waals surface area contributed by atoms with Crippen LogP contribution in [0.5, 0.6) is 11.5 Å². The average molecular weight is 399 g/mol. The minimum Gasteiger partial charge on any atom is -0.507 e. The summed E-state index contributed by atoms with van der Waals surface area (Å²) in [5.41, 5.74) is 1.52. The van der Waals surface area contributed by atoms with Gasteiger partial charge in [-0.1, -0.05) is 60.7 Å². The Balaban J connectivity index is 1.90. The zero-order chi connectivity index (χ0) is 21.1. The van der Waals surface area contributed by atoms with Gasteiger partial charge >= 0.3 is 0 Å². The highest BCUT2D eigenvalue weighted by atomic mass is 16.5. The highest BCUT2D eigenvalue weighted by Gasteiger charge is 2.19. The molecule has 4 rings (SSSR count). The van der Waals surface area contributed by atoms with Gasteiger partial charge in [0.25, 0.3) is 5.91 Å². The minimum absolute atomic E-state index is 0.0431. The molecule has 0 atom stereocenters. The summed E-state index contributed by atoms with van der Waals surface area (Å²) in [5, 5.41) is 14.8. The second-order valence-electron chi connectivity index (χ2n) is 7.20. The first-order chi connectivity index (χ1) is 14.6. The maximum atomic E-state index is 12.5. The third-order valence-electron chi connectivity index (χ3n) is 5.52. The van der Waals surface area contributed by atoms with Crippen LogP contribution in [0, 0.1) is 0 Å². The molecule has 0 fully saturated rings. The summed E-state index contributed by atoms with van der Waals surface area (Å²) >= 11 is 0. The van der Waals surface area contributed by atoms with Crippen LogP contribution in [0.25, 0.3) is 32.7 Å². The van der Waals surface area contributed by atoms with Gasteiger partial charge in [0.15, 0.2) is 6.61 Å². The van der Waals surface area contributed by atoms with E-state index in [-0.39, 0.29) is 18.3 Å². The van der Waals surface area contributed by atoms with E-state index in [1.54, 1.807) is 11.0 Å². The van der Waals surface area contributed by atoms with Gasteiger partial charge in [-0.25, -0.2) is 0 Å². The molecule has 0 aliphatic carbocycles. The number of amides is 1. The van der Waals surface area contributed by atoms with E-state index in [4.69, 9.17) is 4.74 Å². The van der Waals surface area contributed by atoms with Crippen molar-refractivity contribution in [2.24, 2.45) is 0 Å². The summed E-state index contributed by atoms with van der Waals surface area (Å²) in [6.45, 7) is 5.16. The van der Waals surface area contributed by atoms with Crippen molar-refractivity contribution < 1.29 is 14.6 Å². The Morgan fingerprint density at radius 3 is 2.00 bits per heavy atom. The molecule has 1 amide bonds. The summed E-state index contributed by atoms with van der Waals surface area (Å²) in [5.74, 6) is 0.715. The number of likely N-dealkylation sites (N-methyl/N-ethyl adjacent to an activating group) is 1. The first kappa shape index (κ1) is 19.8. The molecule has 0 radical (unpaired) electrons. The van der Waals surface area contributed by atoms with E-state index in [0.29, 0.717) is 18.8 Å². The number of phenolic OH excluding ortho intramolecular Hbond substituents is 1. The van der Waals surface area contributed by atoms with Crippen molar-refractivity contribution in [2.75, 3.05) is 19.7 Å². The van der Waals surface area contributed by atoms with E-state index < -0.39 is 0 Å². The SMILES string of the molecule is CCN(CC)C(=O)COc1ccc2ccccc2c1-c1c(O)ccc2ccccc12. The van der Waals surface area contributed by atoms with Crippen LogP contribution in [0.3, 0.4) is 0 Å². The van der Waals surface area contributed by atoms with Crippen molar-refractivity contribution in [1.29, 1.82) is 0 Å². The van der Waals surface area contributed by atoms with E-state index >= 15 is 0 Å². The number of aromatic hydroxyl groups is 1. The summed E-state index contributed by atoms with van der Waals surface area (Å²) < 4.78 is 6.05. The lowest BCUT2D eigenvalue weighted by atomic mass is 9.92. The predicted octanol–water partition coefficient (Wildman–Crippen LogP) is 5.61. The van der Waals surface area contributed by atoms with Gasteiger partial charge in [0, 0.05) is 24.2 Å². The van der Waals surface area contributed by atoms with Crippen molar-refractivity contribution >= 4 is 27.5 Å². The summed E-state index contributed by atoms with van der Waals surface area (Å²) in [7, 11) is 0. The van der Waals surface area contributed by atoms with Gasteiger partial charge in [0.05, 0.1) is 0 Å². The van der Waals surface area contributed by atoms with Crippen molar-refractivity contribution in [3.8, 4) is 22.6 Å². The van der Waals surface area contributed by atoms with Gasteiger partial charge in [-0.3, -0.25) is 4.79 Å². The lowest BCUT2D eigenvalue weighted by Gasteiger charge is -2.21. The lowest BCUT2D eigenvalue weighted by Crippen LogP contribution is -2.34. The number of nitrogens with zero attached hydrogens (tertiary/aromatic N) is 1. The van der Waals surface area contributed by atoms with Gasteiger partial charge < -0.3 is 14.7 Å². The number of carbonyl (C=O) groups is 1. The second kappa shape index (κ2) is 8.46. The summed E-state index contributed by atoms with van der Waals surface area (Å²) in [4.78, 5) is 14.3. The minimum atomic E-state index is -0.0544. The van der Waals surface area contributed by atoms with Crippen LogP contribution in [0.15, 0.2) is 72.8 Å². The van der Waals surface area contributed by atoms with Crippen LogP contribution < -0.4 is 4.74 Å². The topological polar surface area (TPSA) is 49.8 Å². The fourth-order valence-electron chi connectivity index (χ4n) is 3.96. The van der Waals surface area contributed by atoms with Crippen LogP contribution in [0.4, 0.5) is 0 Å². The fourth-order valence-corrected chi connectivity index (χ4v) is 3.96. The molecule has 0 aliphatic heterocycles. The van der Waals surface area contributed by atoms with Gasteiger partial charge in [0.1, 0.15) is 11.5 Å². The van der Waals surface area contributed by atoms with E-state index in [1.165, 1.54) is 0 Å². The van der Waals surface area contributed by atoms with Gasteiger partial charge in [-0.2, -0.15) is 0 Å². The first-order valence-corrected chi connectivity index (χ1v) is 10.3. The number of carbonyl (C=O) groups excluding carboxylic acids is 1. The van der Waals surface area contributed by atoms with E-state index in [1.807, 2.05) is 80.6 Å². The number of phenols is 1. The molecular formula is C26H25NO3. The van der Waals surface area contributed by atoms with Crippen LogP contribution in [0.1, 0.15) is 13.8 Å². The van der Waals surface area contributed by atoms with Crippen LogP contribution in [-0.4, -0.2) is 35.6 Å².